The topological polar surface area (TPSA) is 50.4 Å². The molecule has 0 aliphatic carbocycles. The second-order valence-electron chi connectivity index (χ2n) is 6.25. The van der Waals surface area contributed by atoms with Gasteiger partial charge in [-0.05, 0) is 37.5 Å². The molecule has 1 aromatic carbocycles. The van der Waals surface area contributed by atoms with Crippen molar-refractivity contribution in [2.75, 3.05) is 13.2 Å². The van der Waals surface area contributed by atoms with Crippen LogP contribution in [0.15, 0.2) is 60.4 Å². The van der Waals surface area contributed by atoms with Gasteiger partial charge in [0.15, 0.2) is 0 Å². The van der Waals surface area contributed by atoms with Crippen molar-refractivity contribution in [3.63, 3.8) is 0 Å². The molecular weight excluding hydrogens is 312 g/mol. The maximum Gasteiger partial charge on any atom is 0.315 e. The van der Waals surface area contributed by atoms with Gasteiger partial charge in [0, 0.05) is 13.1 Å². The standard InChI is InChI=1S/C21H30N2O2/c1-5-8-20(25-16-17(2)3)9-6-7-14-22-21(24)23-15-19-12-10-18(4)11-13-19/h5-13,17H,14-16H2,1-4H3,(H2,22,23,24)/b7-6+,8-5-,20-9+. The van der Waals surface area contributed by atoms with Crippen LogP contribution in [0.2, 0.25) is 0 Å². The van der Waals surface area contributed by atoms with Crippen LogP contribution in [-0.2, 0) is 11.3 Å². The van der Waals surface area contributed by atoms with Gasteiger partial charge in [-0.2, -0.15) is 0 Å². The van der Waals surface area contributed by atoms with Crippen molar-refractivity contribution in [1.29, 1.82) is 0 Å². The minimum absolute atomic E-state index is 0.182. The number of urea groups is 1. The highest BCUT2D eigenvalue weighted by molar-refractivity contribution is 5.73. The minimum atomic E-state index is -0.182. The fourth-order valence-corrected chi connectivity index (χ4v) is 1.91. The van der Waals surface area contributed by atoms with Crippen LogP contribution in [0, 0.1) is 12.8 Å². The predicted molar refractivity (Wildman–Crippen MR) is 104 cm³/mol. The van der Waals surface area contributed by atoms with Gasteiger partial charge >= 0.3 is 6.03 Å². The summed E-state index contributed by atoms with van der Waals surface area (Å²) in [5.41, 5.74) is 2.29. The number of hydrogen-bond donors (Lipinski definition) is 2. The molecule has 25 heavy (non-hydrogen) atoms. The summed E-state index contributed by atoms with van der Waals surface area (Å²) in [6, 6.07) is 7.92. The molecule has 0 fully saturated rings. The summed E-state index contributed by atoms with van der Waals surface area (Å²) >= 11 is 0. The molecule has 0 bridgehead atoms. The Hall–Kier alpha value is -2.49. The first-order valence-corrected chi connectivity index (χ1v) is 8.70. The van der Waals surface area contributed by atoms with E-state index < -0.39 is 0 Å². The lowest BCUT2D eigenvalue weighted by Gasteiger charge is -2.08. The number of ether oxygens (including phenoxy) is 1. The maximum absolute atomic E-state index is 11.8. The highest BCUT2D eigenvalue weighted by Crippen LogP contribution is 2.04. The molecule has 0 heterocycles. The highest BCUT2D eigenvalue weighted by atomic mass is 16.5. The number of carbonyl (C=O) groups excluding carboxylic acids is 1. The van der Waals surface area contributed by atoms with Gasteiger partial charge in [-0.25, -0.2) is 4.79 Å². The summed E-state index contributed by atoms with van der Waals surface area (Å²) in [5, 5.41) is 5.63. The van der Waals surface area contributed by atoms with E-state index in [1.807, 2.05) is 68.5 Å². The average molecular weight is 342 g/mol. The Labute approximate surface area is 151 Å². The van der Waals surface area contributed by atoms with Crippen molar-refractivity contribution in [2.24, 2.45) is 5.92 Å². The molecule has 0 aromatic heterocycles. The molecule has 0 spiro atoms. The number of hydrogen-bond acceptors (Lipinski definition) is 2. The lowest BCUT2D eigenvalue weighted by molar-refractivity contribution is 0.190. The highest BCUT2D eigenvalue weighted by Gasteiger charge is 1.98. The van der Waals surface area contributed by atoms with Crippen molar-refractivity contribution >= 4 is 6.03 Å². The van der Waals surface area contributed by atoms with Crippen molar-refractivity contribution in [3.05, 3.63) is 71.5 Å². The third-order valence-corrected chi connectivity index (χ3v) is 3.26. The molecule has 2 N–H and O–H groups in total. The van der Waals surface area contributed by atoms with Crippen LogP contribution in [0.25, 0.3) is 0 Å². The predicted octanol–water partition coefficient (Wildman–Crippen LogP) is 4.48. The molecule has 0 radical (unpaired) electrons. The average Bonchev–Trinajstić information content (AvgIpc) is 2.58. The molecular formula is C21H30N2O2. The lowest BCUT2D eigenvalue weighted by Crippen LogP contribution is -2.35. The van der Waals surface area contributed by atoms with Crippen LogP contribution in [0.5, 0.6) is 0 Å². The molecule has 4 heteroatoms. The van der Waals surface area contributed by atoms with Crippen LogP contribution < -0.4 is 10.6 Å². The Kier molecular flexibility index (Phi) is 9.83. The Bertz CT molecular complexity index is 599. The molecule has 4 nitrogen and oxygen atoms in total. The summed E-state index contributed by atoms with van der Waals surface area (Å²) in [5.74, 6) is 1.30. The summed E-state index contributed by atoms with van der Waals surface area (Å²) in [4.78, 5) is 11.8. The summed E-state index contributed by atoms with van der Waals surface area (Å²) in [6.07, 6.45) is 9.53. The van der Waals surface area contributed by atoms with Gasteiger partial charge in [-0.15, -0.1) is 0 Å². The Morgan fingerprint density at radius 3 is 2.56 bits per heavy atom. The van der Waals surface area contributed by atoms with Crippen LogP contribution in [0.3, 0.4) is 0 Å². The zero-order chi connectivity index (χ0) is 18.5. The van der Waals surface area contributed by atoms with Gasteiger partial charge in [0.2, 0.25) is 0 Å². The summed E-state index contributed by atoms with van der Waals surface area (Å²) < 4.78 is 5.69. The van der Waals surface area contributed by atoms with E-state index in [-0.39, 0.29) is 6.03 Å². The molecule has 2 amide bonds. The Balaban J connectivity index is 2.31. The van der Waals surface area contributed by atoms with E-state index in [9.17, 15) is 4.79 Å². The number of nitrogens with one attached hydrogen (secondary N) is 2. The number of carbonyl (C=O) groups is 1. The van der Waals surface area contributed by atoms with Crippen molar-refractivity contribution in [2.45, 2.75) is 34.2 Å². The molecule has 0 saturated heterocycles. The maximum atomic E-state index is 11.8. The number of rotatable bonds is 9. The largest absolute Gasteiger partial charge is 0.493 e. The van der Waals surface area contributed by atoms with Crippen LogP contribution in [0.1, 0.15) is 31.9 Å². The summed E-state index contributed by atoms with van der Waals surface area (Å²) in [7, 11) is 0. The number of amides is 2. The van der Waals surface area contributed by atoms with E-state index >= 15 is 0 Å². The zero-order valence-corrected chi connectivity index (χ0v) is 15.7. The quantitative estimate of drug-likeness (QED) is 0.513. The molecule has 1 rings (SSSR count). The van der Waals surface area contributed by atoms with Gasteiger partial charge < -0.3 is 15.4 Å². The first kappa shape index (κ1) is 20.6. The minimum Gasteiger partial charge on any atom is -0.493 e. The van der Waals surface area contributed by atoms with E-state index in [1.54, 1.807) is 0 Å². The molecule has 0 unspecified atom stereocenters. The summed E-state index contributed by atoms with van der Waals surface area (Å²) in [6.45, 7) is 9.89. The molecule has 0 saturated carbocycles. The van der Waals surface area contributed by atoms with E-state index in [1.165, 1.54) is 5.56 Å². The van der Waals surface area contributed by atoms with Crippen LogP contribution >= 0.6 is 0 Å². The Morgan fingerprint density at radius 1 is 1.20 bits per heavy atom. The van der Waals surface area contributed by atoms with Gasteiger partial charge in [0.1, 0.15) is 5.76 Å². The van der Waals surface area contributed by atoms with E-state index in [0.29, 0.717) is 25.6 Å². The van der Waals surface area contributed by atoms with Crippen LogP contribution in [0.4, 0.5) is 4.79 Å². The smallest absolute Gasteiger partial charge is 0.315 e. The molecule has 0 aliphatic rings. The number of aryl methyl sites for hydroxylation is 1. The van der Waals surface area contributed by atoms with E-state index in [2.05, 4.69) is 24.5 Å². The molecule has 136 valence electrons. The van der Waals surface area contributed by atoms with Gasteiger partial charge in [-0.3, -0.25) is 0 Å². The first-order valence-electron chi connectivity index (χ1n) is 8.70. The third-order valence-electron chi connectivity index (χ3n) is 3.26. The Morgan fingerprint density at radius 2 is 1.92 bits per heavy atom. The third kappa shape index (κ3) is 10.1. The fourth-order valence-electron chi connectivity index (χ4n) is 1.91. The molecule has 1 aromatic rings. The van der Waals surface area contributed by atoms with Gasteiger partial charge in [0.05, 0.1) is 6.61 Å². The second kappa shape index (κ2) is 12.0. The molecule has 0 aliphatic heterocycles. The monoisotopic (exact) mass is 342 g/mol. The van der Waals surface area contributed by atoms with Crippen molar-refractivity contribution < 1.29 is 9.53 Å². The fraction of sp³-hybridized carbons (Fsp3) is 0.381. The number of benzene rings is 1. The van der Waals surface area contributed by atoms with E-state index in [4.69, 9.17) is 4.74 Å². The second-order valence-corrected chi connectivity index (χ2v) is 6.25. The van der Waals surface area contributed by atoms with Crippen molar-refractivity contribution in [3.8, 4) is 0 Å². The zero-order valence-electron chi connectivity index (χ0n) is 15.7. The van der Waals surface area contributed by atoms with Crippen LogP contribution in [-0.4, -0.2) is 19.2 Å². The number of allylic oxidation sites excluding steroid dienone is 4. The SMILES string of the molecule is C\C=C/C(=C\C=C\CNC(=O)NCc1ccc(C)cc1)OCC(C)C. The van der Waals surface area contributed by atoms with Crippen molar-refractivity contribution in [1.82, 2.24) is 10.6 Å². The normalized spacial score (nSPS) is 12.1. The lowest BCUT2D eigenvalue weighted by atomic mass is 10.1. The van der Waals surface area contributed by atoms with Gasteiger partial charge in [-0.1, -0.05) is 61.9 Å². The molecule has 0 atom stereocenters. The van der Waals surface area contributed by atoms with E-state index in [0.717, 1.165) is 11.3 Å². The first-order chi connectivity index (χ1) is 12.0. The van der Waals surface area contributed by atoms with Gasteiger partial charge in [0.25, 0.3) is 0 Å².